The van der Waals surface area contributed by atoms with E-state index in [-0.39, 0.29) is 11.7 Å². The average Bonchev–Trinajstić information content (AvgIpc) is 3.14. The van der Waals surface area contributed by atoms with Crippen molar-refractivity contribution in [1.29, 1.82) is 0 Å². The van der Waals surface area contributed by atoms with Gasteiger partial charge in [0.05, 0.1) is 6.26 Å². The van der Waals surface area contributed by atoms with E-state index in [0.29, 0.717) is 13.1 Å². The Hall–Kier alpha value is -2.76. The molecule has 6 nitrogen and oxygen atoms in total. The molecule has 2 rings (SSSR count). The van der Waals surface area contributed by atoms with Crippen LogP contribution in [-0.2, 0) is 4.79 Å². The van der Waals surface area contributed by atoms with Crippen LogP contribution in [0.4, 0.5) is 5.69 Å². The van der Waals surface area contributed by atoms with Crippen molar-refractivity contribution in [2.24, 2.45) is 0 Å². The molecule has 0 aliphatic heterocycles. The first-order valence-corrected chi connectivity index (χ1v) is 8.45. The lowest BCUT2D eigenvalue weighted by atomic mass is 10.2. The molecular formula is C19H25N3O3. The van der Waals surface area contributed by atoms with Gasteiger partial charge in [0.15, 0.2) is 5.76 Å². The first kappa shape index (κ1) is 18.6. The lowest BCUT2D eigenvalue weighted by Crippen LogP contribution is -2.46. The van der Waals surface area contributed by atoms with Crippen molar-refractivity contribution in [3.8, 4) is 0 Å². The largest absolute Gasteiger partial charge is 0.459 e. The highest BCUT2D eigenvalue weighted by Crippen LogP contribution is 2.18. The number of carbonyl (C=O) groups excluding carboxylic acids is 2. The number of rotatable bonds is 8. The van der Waals surface area contributed by atoms with Crippen molar-refractivity contribution < 1.29 is 14.0 Å². The summed E-state index contributed by atoms with van der Waals surface area (Å²) in [4.78, 5) is 26.2. The Morgan fingerprint density at radius 3 is 2.60 bits per heavy atom. The van der Waals surface area contributed by atoms with E-state index in [2.05, 4.69) is 41.5 Å². The van der Waals surface area contributed by atoms with Gasteiger partial charge in [-0.2, -0.15) is 0 Å². The lowest BCUT2D eigenvalue weighted by molar-refractivity contribution is -0.122. The zero-order valence-corrected chi connectivity index (χ0v) is 14.9. The minimum atomic E-state index is -0.633. The molecule has 0 spiro atoms. The van der Waals surface area contributed by atoms with Gasteiger partial charge >= 0.3 is 0 Å². The molecule has 2 amide bonds. The summed E-state index contributed by atoms with van der Waals surface area (Å²) in [5.74, 6) is -0.431. The van der Waals surface area contributed by atoms with Gasteiger partial charge in [0.2, 0.25) is 5.91 Å². The average molecular weight is 343 g/mol. The molecule has 1 atom stereocenters. The van der Waals surface area contributed by atoms with Crippen molar-refractivity contribution in [2.45, 2.75) is 26.8 Å². The van der Waals surface area contributed by atoms with Gasteiger partial charge in [-0.25, -0.2) is 0 Å². The summed E-state index contributed by atoms with van der Waals surface area (Å²) in [5, 5.41) is 5.48. The molecule has 0 saturated heterocycles. The number of carbonyl (C=O) groups is 2. The number of hydrogen-bond acceptors (Lipinski definition) is 4. The molecule has 0 aliphatic carbocycles. The van der Waals surface area contributed by atoms with E-state index in [1.54, 1.807) is 19.1 Å². The molecule has 2 aromatic rings. The van der Waals surface area contributed by atoms with Gasteiger partial charge in [0, 0.05) is 25.3 Å². The molecule has 0 bridgehead atoms. The summed E-state index contributed by atoms with van der Waals surface area (Å²) in [6.45, 7) is 7.86. The van der Waals surface area contributed by atoms with E-state index in [9.17, 15) is 9.59 Å². The molecule has 134 valence electrons. The van der Waals surface area contributed by atoms with Crippen LogP contribution in [0.5, 0.6) is 0 Å². The second kappa shape index (κ2) is 8.92. The van der Waals surface area contributed by atoms with E-state index >= 15 is 0 Å². The molecular weight excluding hydrogens is 318 g/mol. The highest BCUT2D eigenvalue weighted by atomic mass is 16.3. The van der Waals surface area contributed by atoms with Gasteiger partial charge in [0.1, 0.15) is 6.04 Å². The zero-order valence-electron chi connectivity index (χ0n) is 14.9. The predicted molar refractivity (Wildman–Crippen MR) is 97.7 cm³/mol. The van der Waals surface area contributed by atoms with E-state index in [0.717, 1.165) is 6.54 Å². The van der Waals surface area contributed by atoms with Crippen LogP contribution >= 0.6 is 0 Å². The van der Waals surface area contributed by atoms with E-state index in [1.165, 1.54) is 17.5 Å². The van der Waals surface area contributed by atoms with E-state index in [1.807, 2.05) is 12.1 Å². The number of aryl methyl sites for hydroxylation is 1. The van der Waals surface area contributed by atoms with Crippen LogP contribution in [0.3, 0.4) is 0 Å². The molecule has 0 fully saturated rings. The smallest absolute Gasteiger partial charge is 0.287 e. The Bertz CT molecular complexity index is 698. The number of anilines is 1. The van der Waals surface area contributed by atoms with Crippen LogP contribution in [0.2, 0.25) is 0 Å². The molecule has 2 N–H and O–H groups in total. The molecule has 0 radical (unpaired) electrons. The second-order valence-corrected chi connectivity index (χ2v) is 5.83. The number of nitrogens with one attached hydrogen (secondary N) is 2. The number of benzene rings is 1. The van der Waals surface area contributed by atoms with Gasteiger partial charge in [-0.05, 0) is 44.5 Å². The minimum absolute atomic E-state index is 0.191. The Morgan fingerprint density at radius 1 is 1.20 bits per heavy atom. The first-order chi connectivity index (χ1) is 12.0. The summed E-state index contributed by atoms with van der Waals surface area (Å²) in [7, 11) is 0. The Morgan fingerprint density at radius 2 is 1.96 bits per heavy atom. The molecule has 1 aromatic carbocycles. The maximum atomic E-state index is 12.1. The normalized spacial score (nSPS) is 11.6. The van der Waals surface area contributed by atoms with E-state index < -0.39 is 11.9 Å². The van der Waals surface area contributed by atoms with Crippen LogP contribution in [0.25, 0.3) is 0 Å². The predicted octanol–water partition coefficient (Wildman–Crippen LogP) is 2.35. The van der Waals surface area contributed by atoms with Gasteiger partial charge in [0.25, 0.3) is 5.91 Å². The molecule has 25 heavy (non-hydrogen) atoms. The molecule has 1 unspecified atom stereocenters. The summed E-state index contributed by atoms with van der Waals surface area (Å²) in [6.07, 6.45) is 1.42. The number of likely N-dealkylation sites (N-methyl/N-ethyl adjacent to an activating group) is 1. The number of amides is 2. The summed E-state index contributed by atoms with van der Waals surface area (Å²) < 4.78 is 5.01. The highest BCUT2D eigenvalue weighted by Gasteiger charge is 2.18. The third-order valence-corrected chi connectivity index (χ3v) is 4.00. The Kier molecular flexibility index (Phi) is 6.62. The second-order valence-electron chi connectivity index (χ2n) is 5.83. The SMILES string of the molecule is CCN(CCNC(=O)C(C)NC(=O)c1ccco1)c1ccccc1C. The van der Waals surface area contributed by atoms with Gasteiger partial charge in [-0.3, -0.25) is 9.59 Å². The third-order valence-electron chi connectivity index (χ3n) is 4.00. The Labute approximate surface area is 148 Å². The number of para-hydroxylation sites is 1. The van der Waals surface area contributed by atoms with Crippen LogP contribution in [0.1, 0.15) is 30.0 Å². The summed E-state index contributed by atoms with van der Waals surface area (Å²) >= 11 is 0. The maximum absolute atomic E-state index is 12.1. The van der Waals surface area contributed by atoms with Crippen LogP contribution in [0, 0.1) is 6.92 Å². The van der Waals surface area contributed by atoms with Crippen LogP contribution in [0.15, 0.2) is 47.1 Å². The fourth-order valence-electron chi connectivity index (χ4n) is 2.58. The summed E-state index contributed by atoms with van der Waals surface area (Å²) in [5.41, 5.74) is 2.37. The zero-order chi connectivity index (χ0) is 18.2. The standard InChI is InChI=1S/C19H25N3O3/c1-4-22(16-9-6-5-8-14(16)2)12-11-20-18(23)15(3)21-19(24)17-10-7-13-25-17/h5-10,13,15H,4,11-12H2,1-3H3,(H,20,23)(H,21,24). The van der Waals surface area contributed by atoms with Gasteiger partial charge in [-0.15, -0.1) is 0 Å². The maximum Gasteiger partial charge on any atom is 0.287 e. The van der Waals surface area contributed by atoms with E-state index in [4.69, 9.17) is 4.42 Å². The van der Waals surface area contributed by atoms with Crippen molar-refractivity contribution >= 4 is 17.5 Å². The fourth-order valence-corrected chi connectivity index (χ4v) is 2.58. The molecule has 1 aromatic heterocycles. The van der Waals surface area contributed by atoms with Crippen molar-refractivity contribution in [3.63, 3.8) is 0 Å². The van der Waals surface area contributed by atoms with Crippen LogP contribution < -0.4 is 15.5 Å². The Balaban J connectivity index is 1.80. The molecule has 0 saturated carbocycles. The number of hydrogen-bond donors (Lipinski definition) is 2. The first-order valence-electron chi connectivity index (χ1n) is 8.45. The van der Waals surface area contributed by atoms with Crippen molar-refractivity contribution in [3.05, 3.63) is 54.0 Å². The molecule has 6 heteroatoms. The summed E-state index contributed by atoms with van der Waals surface area (Å²) in [6, 6.07) is 10.7. The quantitative estimate of drug-likeness (QED) is 0.771. The van der Waals surface area contributed by atoms with Crippen LogP contribution in [-0.4, -0.2) is 37.5 Å². The minimum Gasteiger partial charge on any atom is -0.459 e. The van der Waals surface area contributed by atoms with Crippen molar-refractivity contribution in [2.75, 3.05) is 24.5 Å². The van der Waals surface area contributed by atoms with Gasteiger partial charge < -0.3 is 20.0 Å². The fraction of sp³-hybridized carbons (Fsp3) is 0.368. The third kappa shape index (κ3) is 5.11. The monoisotopic (exact) mass is 343 g/mol. The molecule has 0 aliphatic rings. The van der Waals surface area contributed by atoms with Crippen molar-refractivity contribution in [1.82, 2.24) is 10.6 Å². The topological polar surface area (TPSA) is 74.6 Å². The number of nitrogens with zero attached hydrogens (tertiary/aromatic N) is 1. The molecule has 1 heterocycles. The lowest BCUT2D eigenvalue weighted by Gasteiger charge is -2.25. The number of furan rings is 1. The highest BCUT2D eigenvalue weighted by molar-refractivity contribution is 5.95. The van der Waals surface area contributed by atoms with Gasteiger partial charge in [-0.1, -0.05) is 18.2 Å².